The van der Waals surface area contributed by atoms with E-state index in [-0.39, 0.29) is 51.4 Å². The summed E-state index contributed by atoms with van der Waals surface area (Å²) in [5.41, 5.74) is 2.55. The van der Waals surface area contributed by atoms with Crippen molar-refractivity contribution in [3.8, 4) is 11.0 Å². The summed E-state index contributed by atoms with van der Waals surface area (Å²) in [7, 11) is 0. The summed E-state index contributed by atoms with van der Waals surface area (Å²) in [6.07, 6.45) is 0. The van der Waals surface area contributed by atoms with E-state index in [9.17, 15) is 0 Å². The zero-order chi connectivity index (χ0) is 8.23. The minimum atomic E-state index is 0. The fraction of sp³-hybridized carbons (Fsp3) is 0. The Hall–Kier alpha value is 0.271. The van der Waals surface area contributed by atoms with Gasteiger partial charge in [0, 0.05) is 0 Å². The molecule has 0 radical (unpaired) electrons. The molecule has 0 aliphatic rings. The molecule has 0 bridgehead atoms. The predicted octanol–water partition coefficient (Wildman–Crippen LogP) is 2.04. The molecule has 0 atom stereocenters. The van der Waals surface area contributed by atoms with Crippen LogP contribution in [-0.2, 0) is 0 Å². The van der Waals surface area contributed by atoms with Crippen molar-refractivity contribution in [3.63, 3.8) is 0 Å². The van der Waals surface area contributed by atoms with Crippen LogP contribution < -0.4 is 0 Å². The molecule has 0 spiro atoms. The zero-order valence-corrected chi connectivity index (χ0v) is 6.77. The summed E-state index contributed by atoms with van der Waals surface area (Å²) >= 11 is 0. The average molecular weight is 192 g/mol. The first kappa shape index (κ1) is 11.3. The molecule has 13 heavy (non-hydrogen) atoms. The molecule has 2 aromatic rings. The first-order valence-electron chi connectivity index (χ1n) is 4.07. The van der Waals surface area contributed by atoms with Gasteiger partial charge in [-0.05, 0) is 0 Å². The van der Waals surface area contributed by atoms with Crippen LogP contribution in [-0.4, -0.2) is 58.3 Å². The summed E-state index contributed by atoms with van der Waals surface area (Å²) in [6.45, 7) is 2.12. The van der Waals surface area contributed by atoms with Gasteiger partial charge in [-0.1, -0.05) is 0 Å². The SMILES string of the molecule is [KH].b1ccccc1-c1ccccc1. The van der Waals surface area contributed by atoms with Crippen molar-refractivity contribution < 1.29 is 0 Å². The molecule has 0 aliphatic carbocycles. The molecule has 2 rings (SSSR count). The van der Waals surface area contributed by atoms with Crippen molar-refractivity contribution in [1.82, 2.24) is 0 Å². The molecule has 0 nitrogen and oxygen atoms in total. The van der Waals surface area contributed by atoms with Crippen molar-refractivity contribution >= 4 is 58.3 Å². The zero-order valence-electron chi connectivity index (χ0n) is 6.77. The Balaban J connectivity index is 0.000000845. The minimum absolute atomic E-state index is 0. The molecule has 0 amide bonds. The summed E-state index contributed by atoms with van der Waals surface area (Å²) < 4.78 is 0. The molecule has 58 valence electrons. The number of hydrogen-bond acceptors (Lipinski definition) is 0. The van der Waals surface area contributed by atoms with Gasteiger partial charge in [-0.15, -0.1) is 0 Å². The van der Waals surface area contributed by atoms with Crippen molar-refractivity contribution in [3.05, 3.63) is 54.5 Å². The number of benzene rings is 1. The van der Waals surface area contributed by atoms with E-state index in [2.05, 4.69) is 49.3 Å². The van der Waals surface area contributed by atoms with Gasteiger partial charge in [0.2, 0.25) is 0 Å². The predicted molar refractivity (Wildman–Crippen MR) is 60.4 cm³/mol. The van der Waals surface area contributed by atoms with Crippen molar-refractivity contribution in [2.24, 2.45) is 0 Å². The van der Waals surface area contributed by atoms with Gasteiger partial charge >= 0.3 is 124 Å². The van der Waals surface area contributed by atoms with Crippen molar-refractivity contribution in [2.75, 3.05) is 0 Å². The topological polar surface area (TPSA) is 0 Å². The second-order valence-corrected chi connectivity index (χ2v) is 2.73. The maximum atomic E-state index is 2.12. The van der Waals surface area contributed by atoms with E-state index in [0.717, 1.165) is 0 Å². The summed E-state index contributed by atoms with van der Waals surface area (Å²) in [6, 6.07) is 16.6. The third-order valence-electron chi connectivity index (χ3n) is 1.88. The molecule has 1 aromatic carbocycles. The first-order valence-corrected chi connectivity index (χ1v) is 4.07. The normalized spacial score (nSPS) is 8.62. The van der Waals surface area contributed by atoms with Crippen LogP contribution in [0.1, 0.15) is 0 Å². The molecule has 0 saturated heterocycles. The molecule has 2 heteroatoms. The molecule has 0 N–H and O–H groups in total. The Morgan fingerprint density at radius 2 is 1.46 bits per heavy atom. The second kappa shape index (κ2) is 5.89. The fourth-order valence-electron chi connectivity index (χ4n) is 1.26. The fourth-order valence-corrected chi connectivity index (χ4v) is 1.26. The van der Waals surface area contributed by atoms with Gasteiger partial charge in [0.25, 0.3) is 0 Å². The molecule has 0 unspecified atom stereocenters. The number of hydrogen-bond donors (Lipinski definition) is 0. The third-order valence-corrected chi connectivity index (χ3v) is 1.88. The standard InChI is InChI=1S/C11H9B.K.H/c1-2-6-10(7-3-1)11-8-4-5-9-12-11;;/h1-9H;;. The Bertz CT molecular complexity index is 307. The van der Waals surface area contributed by atoms with Gasteiger partial charge in [-0.3, -0.25) is 0 Å². The second-order valence-electron chi connectivity index (χ2n) is 2.73. The molecule has 1 heterocycles. The first-order chi connectivity index (χ1) is 5.97. The van der Waals surface area contributed by atoms with E-state index in [0.29, 0.717) is 0 Å². The van der Waals surface area contributed by atoms with E-state index >= 15 is 0 Å². The van der Waals surface area contributed by atoms with Crippen LogP contribution >= 0.6 is 0 Å². The van der Waals surface area contributed by atoms with Crippen LogP contribution in [0.4, 0.5) is 0 Å². The summed E-state index contributed by atoms with van der Waals surface area (Å²) in [5, 5.41) is 0. The van der Waals surface area contributed by atoms with Gasteiger partial charge in [0.05, 0.1) is 0 Å². The maximum absolute atomic E-state index is 2.12. The third kappa shape index (κ3) is 3.15. The Morgan fingerprint density at radius 1 is 0.769 bits per heavy atom. The van der Waals surface area contributed by atoms with Gasteiger partial charge in [0.15, 0.2) is 0 Å². The van der Waals surface area contributed by atoms with Gasteiger partial charge in [-0.25, -0.2) is 0 Å². The molecule has 0 saturated carbocycles. The molecule has 1 aromatic heterocycles. The van der Waals surface area contributed by atoms with Crippen LogP contribution in [0.25, 0.3) is 11.0 Å². The Kier molecular flexibility index (Phi) is 5.14. The quantitative estimate of drug-likeness (QED) is 0.606. The van der Waals surface area contributed by atoms with E-state index < -0.39 is 0 Å². The van der Waals surface area contributed by atoms with Crippen LogP contribution in [0.3, 0.4) is 0 Å². The van der Waals surface area contributed by atoms with Gasteiger partial charge < -0.3 is 0 Å². The van der Waals surface area contributed by atoms with E-state index in [1.807, 2.05) is 12.1 Å². The van der Waals surface area contributed by atoms with Crippen LogP contribution in [0.15, 0.2) is 54.5 Å². The van der Waals surface area contributed by atoms with Crippen molar-refractivity contribution in [1.29, 1.82) is 0 Å². The van der Waals surface area contributed by atoms with E-state index in [1.165, 1.54) is 11.0 Å². The molecular formula is C11H10BK. The van der Waals surface area contributed by atoms with Crippen molar-refractivity contribution in [2.45, 2.75) is 0 Å². The molecular weight excluding hydrogens is 182 g/mol. The monoisotopic (exact) mass is 192 g/mol. The van der Waals surface area contributed by atoms with Crippen LogP contribution in [0, 0.1) is 0 Å². The average Bonchev–Trinajstić information content (AvgIpc) is 2.21. The van der Waals surface area contributed by atoms with Gasteiger partial charge in [0.1, 0.15) is 0 Å². The van der Waals surface area contributed by atoms with Crippen LogP contribution in [0.5, 0.6) is 0 Å². The van der Waals surface area contributed by atoms with E-state index in [1.54, 1.807) is 0 Å². The summed E-state index contributed by atoms with van der Waals surface area (Å²) in [5.74, 6) is 2.06. The van der Waals surface area contributed by atoms with Crippen LogP contribution in [0.2, 0.25) is 0 Å². The molecule has 0 fully saturated rings. The summed E-state index contributed by atoms with van der Waals surface area (Å²) in [4.78, 5) is 0. The Morgan fingerprint density at radius 3 is 2.08 bits per heavy atom. The number of rotatable bonds is 1. The van der Waals surface area contributed by atoms with Gasteiger partial charge in [-0.2, -0.15) is 0 Å². The van der Waals surface area contributed by atoms with E-state index in [4.69, 9.17) is 0 Å². The molecule has 0 aliphatic heterocycles. The Labute approximate surface area is 122 Å².